The van der Waals surface area contributed by atoms with E-state index in [0.29, 0.717) is 11.0 Å². The first kappa shape index (κ1) is 14.3. The topological polar surface area (TPSA) is 37.0 Å². The van der Waals surface area contributed by atoms with Gasteiger partial charge in [0.15, 0.2) is 5.11 Å². The van der Waals surface area contributed by atoms with Crippen LogP contribution in [0, 0.1) is 12.8 Å². The number of rotatable bonds is 3. The summed E-state index contributed by atoms with van der Waals surface area (Å²) in [5.74, 6) is 1.43. The summed E-state index contributed by atoms with van der Waals surface area (Å²) in [6.07, 6.45) is 6.76. The molecule has 1 fully saturated rings. The Kier molecular flexibility index (Phi) is 4.40. The molecule has 0 aliphatic heterocycles. The highest BCUT2D eigenvalue weighted by Gasteiger charge is 2.37. The van der Waals surface area contributed by atoms with Gasteiger partial charge in [0.2, 0.25) is 0 Å². The van der Waals surface area contributed by atoms with Crippen LogP contribution < -0.4 is 10.6 Å². The van der Waals surface area contributed by atoms with Gasteiger partial charge in [-0.15, -0.1) is 0 Å². The highest BCUT2D eigenvalue weighted by Crippen LogP contribution is 2.35. The average Bonchev–Trinajstić information content (AvgIpc) is 2.82. The van der Waals surface area contributed by atoms with E-state index in [4.69, 9.17) is 12.2 Å². The molecular weight excluding hydrogens is 254 g/mol. The first-order valence-electron chi connectivity index (χ1n) is 7.04. The van der Waals surface area contributed by atoms with Crippen LogP contribution in [0.5, 0.6) is 0 Å². The third kappa shape index (κ3) is 3.24. The van der Waals surface area contributed by atoms with Crippen molar-refractivity contribution in [1.29, 1.82) is 0 Å². The van der Waals surface area contributed by atoms with Gasteiger partial charge in [-0.1, -0.05) is 32.8 Å². The summed E-state index contributed by atoms with van der Waals surface area (Å²) in [5.41, 5.74) is 1.27. The summed E-state index contributed by atoms with van der Waals surface area (Å²) in [5, 5.41) is 7.47. The van der Waals surface area contributed by atoms with Crippen LogP contribution in [0.25, 0.3) is 0 Å². The minimum absolute atomic E-state index is 0.159. The lowest BCUT2D eigenvalue weighted by atomic mass is 9.85. The molecule has 0 spiro atoms. The Morgan fingerprint density at radius 2 is 2.05 bits per heavy atom. The Hall–Kier alpha value is -1.16. The molecule has 19 heavy (non-hydrogen) atoms. The van der Waals surface area contributed by atoms with Crippen LogP contribution in [0.15, 0.2) is 18.3 Å². The summed E-state index contributed by atoms with van der Waals surface area (Å²) in [4.78, 5) is 4.32. The van der Waals surface area contributed by atoms with Gasteiger partial charge >= 0.3 is 0 Å². The lowest BCUT2D eigenvalue weighted by Crippen LogP contribution is -2.51. The van der Waals surface area contributed by atoms with Gasteiger partial charge in [-0.3, -0.25) is 0 Å². The maximum atomic E-state index is 5.46. The van der Waals surface area contributed by atoms with E-state index in [-0.39, 0.29) is 5.54 Å². The molecule has 1 heterocycles. The zero-order chi connectivity index (χ0) is 13.9. The molecule has 2 rings (SSSR count). The third-order valence-corrected chi connectivity index (χ3v) is 4.41. The van der Waals surface area contributed by atoms with Gasteiger partial charge in [0, 0.05) is 11.7 Å². The van der Waals surface area contributed by atoms with E-state index in [1.807, 2.05) is 19.1 Å². The predicted molar refractivity (Wildman–Crippen MR) is 84.4 cm³/mol. The zero-order valence-electron chi connectivity index (χ0n) is 12.0. The highest BCUT2D eigenvalue weighted by atomic mass is 32.1. The molecule has 1 aromatic rings. The first-order valence-corrected chi connectivity index (χ1v) is 7.45. The lowest BCUT2D eigenvalue weighted by molar-refractivity contribution is 0.283. The second kappa shape index (κ2) is 5.87. The minimum Gasteiger partial charge on any atom is -0.357 e. The van der Waals surface area contributed by atoms with Crippen LogP contribution in [0.4, 0.5) is 5.82 Å². The molecule has 0 bridgehead atoms. The molecule has 0 atom stereocenters. The van der Waals surface area contributed by atoms with Crippen molar-refractivity contribution >= 4 is 23.1 Å². The number of hydrogen-bond donors (Lipinski definition) is 2. The quantitative estimate of drug-likeness (QED) is 0.827. The Labute approximate surface area is 121 Å². The monoisotopic (exact) mass is 277 g/mol. The van der Waals surface area contributed by atoms with Crippen molar-refractivity contribution in [3.63, 3.8) is 0 Å². The summed E-state index contributed by atoms with van der Waals surface area (Å²) < 4.78 is 0. The van der Waals surface area contributed by atoms with E-state index in [1.165, 1.54) is 25.7 Å². The smallest absolute Gasteiger partial charge is 0.172 e. The zero-order valence-corrected chi connectivity index (χ0v) is 12.8. The summed E-state index contributed by atoms with van der Waals surface area (Å²) in [6.45, 7) is 6.58. The van der Waals surface area contributed by atoms with Crippen LogP contribution in [-0.2, 0) is 0 Å². The van der Waals surface area contributed by atoms with Gasteiger partial charge < -0.3 is 10.6 Å². The maximum Gasteiger partial charge on any atom is 0.172 e. The number of anilines is 1. The van der Waals surface area contributed by atoms with Gasteiger partial charge in [-0.05, 0) is 49.5 Å². The van der Waals surface area contributed by atoms with Crippen LogP contribution in [0.3, 0.4) is 0 Å². The second-order valence-electron chi connectivity index (χ2n) is 5.77. The maximum absolute atomic E-state index is 5.46. The number of aromatic nitrogens is 1. The normalized spacial score (nSPS) is 17.5. The fourth-order valence-electron chi connectivity index (χ4n) is 2.83. The molecule has 0 saturated heterocycles. The highest BCUT2D eigenvalue weighted by molar-refractivity contribution is 7.80. The number of nitrogens with zero attached hydrogens (tertiary/aromatic N) is 1. The van der Waals surface area contributed by atoms with Crippen molar-refractivity contribution < 1.29 is 0 Å². The number of hydrogen-bond acceptors (Lipinski definition) is 2. The van der Waals surface area contributed by atoms with Crippen molar-refractivity contribution in [1.82, 2.24) is 10.3 Å². The van der Waals surface area contributed by atoms with Crippen molar-refractivity contribution in [2.24, 2.45) is 5.92 Å². The fourth-order valence-corrected chi connectivity index (χ4v) is 3.13. The Morgan fingerprint density at radius 3 is 2.63 bits per heavy atom. The average molecular weight is 277 g/mol. The van der Waals surface area contributed by atoms with E-state index >= 15 is 0 Å². The van der Waals surface area contributed by atoms with Gasteiger partial charge in [0.05, 0.1) is 0 Å². The molecule has 0 unspecified atom stereocenters. The summed E-state index contributed by atoms with van der Waals surface area (Å²) >= 11 is 5.46. The van der Waals surface area contributed by atoms with E-state index in [1.54, 1.807) is 6.20 Å². The van der Waals surface area contributed by atoms with E-state index in [2.05, 4.69) is 29.5 Å². The molecule has 1 aromatic heterocycles. The molecule has 2 N–H and O–H groups in total. The van der Waals surface area contributed by atoms with Gasteiger partial charge in [0.1, 0.15) is 5.82 Å². The standard InChI is InChI=1S/C15H23N3S/c1-11(2)15(8-4-5-9-15)18-14(19)17-13-12(3)7-6-10-16-13/h6-7,10-11H,4-5,8-9H2,1-3H3,(H2,16,17,18,19). The third-order valence-electron chi connectivity index (χ3n) is 4.20. The Bertz CT molecular complexity index is 450. The molecule has 1 aliphatic rings. The van der Waals surface area contributed by atoms with Crippen molar-refractivity contribution in [2.75, 3.05) is 5.32 Å². The predicted octanol–water partition coefficient (Wildman–Crippen LogP) is 3.65. The minimum atomic E-state index is 0.159. The van der Waals surface area contributed by atoms with Crippen LogP contribution in [0.1, 0.15) is 45.1 Å². The molecule has 0 radical (unpaired) electrons. The van der Waals surface area contributed by atoms with Crippen molar-refractivity contribution in [2.45, 2.75) is 52.0 Å². The van der Waals surface area contributed by atoms with Crippen LogP contribution >= 0.6 is 12.2 Å². The van der Waals surface area contributed by atoms with Crippen LogP contribution in [0.2, 0.25) is 0 Å². The molecular formula is C15H23N3S. The number of pyridine rings is 1. The summed E-state index contributed by atoms with van der Waals surface area (Å²) in [6, 6.07) is 3.97. The van der Waals surface area contributed by atoms with E-state index in [0.717, 1.165) is 11.4 Å². The van der Waals surface area contributed by atoms with Gasteiger partial charge in [0.25, 0.3) is 0 Å². The molecule has 3 nitrogen and oxygen atoms in total. The van der Waals surface area contributed by atoms with E-state index < -0.39 is 0 Å². The Balaban J connectivity index is 2.03. The van der Waals surface area contributed by atoms with Gasteiger partial charge in [-0.2, -0.15) is 0 Å². The van der Waals surface area contributed by atoms with Crippen molar-refractivity contribution in [3.05, 3.63) is 23.9 Å². The molecule has 1 aliphatic carbocycles. The van der Waals surface area contributed by atoms with E-state index in [9.17, 15) is 0 Å². The number of aryl methyl sites for hydroxylation is 1. The number of nitrogens with one attached hydrogen (secondary N) is 2. The molecule has 4 heteroatoms. The molecule has 104 valence electrons. The first-order chi connectivity index (χ1) is 9.03. The molecule has 1 saturated carbocycles. The lowest BCUT2D eigenvalue weighted by Gasteiger charge is -2.35. The second-order valence-corrected chi connectivity index (χ2v) is 6.17. The fraction of sp³-hybridized carbons (Fsp3) is 0.600. The number of thiocarbonyl (C=S) groups is 1. The van der Waals surface area contributed by atoms with Crippen LogP contribution in [-0.4, -0.2) is 15.6 Å². The Morgan fingerprint density at radius 1 is 1.37 bits per heavy atom. The van der Waals surface area contributed by atoms with Gasteiger partial charge in [-0.25, -0.2) is 4.98 Å². The molecule has 0 aromatic carbocycles. The molecule has 0 amide bonds. The summed E-state index contributed by atoms with van der Waals surface area (Å²) in [7, 11) is 0. The SMILES string of the molecule is Cc1cccnc1NC(=S)NC1(C(C)C)CCCC1. The largest absolute Gasteiger partial charge is 0.357 e. The van der Waals surface area contributed by atoms with Crippen molar-refractivity contribution in [3.8, 4) is 0 Å².